The van der Waals surface area contributed by atoms with Crippen molar-refractivity contribution in [1.82, 2.24) is 5.32 Å². The maximum absolute atomic E-state index is 8.86. The fraction of sp³-hybridized carbons (Fsp3) is 0.600. The van der Waals surface area contributed by atoms with Crippen molar-refractivity contribution >= 4 is 11.3 Å². The Kier molecular flexibility index (Phi) is 4.42. The van der Waals surface area contributed by atoms with E-state index in [2.05, 4.69) is 24.4 Å². The molecule has 3 heteroatoms. The zero-order chi connectivity index (χ0) is 9.68. The van der Waals surface area contributed by atoms with E-state index in [0.717, 1.165) is 12.8 Å². The van der Waals surface area contributed by atoms with E-state index in [1.807, 2.05) is 18.4 Å². The number of aryl methyl sites for hydroxylation is 1. The Labute approximate surface area is 83.6 Å². The van der Waals surface area contributed by atoms with Crippen LogP contribution in [0, 0.1) is 0 Å². The zero-order valence-electron chi connectivity index (χ0n) is 8.21. The molecular formula is C10H17NOS. The van der Waals surface area contributed by atoms with Crippen molar-refractivity contribution in [1.29, 1.82) is 0 Å². The fourth-order valence-corrected chi connectivity index (χ4v) is 2.43. The lowest BCUT2D eigenvalue weighted by atomic mass is 10.2. The van der Waals surface area contributed by atoms with Crippen LogP contribution in [0.4, 0.5) is 0 Å². The minimum Gasteiger partial charge on any atom is -0.396 e. The van der Waals surface area contributed by atoms with E-state index < -0.39 is 0 Å². The predicted octanol–water partition coefficient (Wildman–Crippen LogP) is 1.95. The van der Waals surface area contributed by atoms with E-state index in [1.54, 1.807) is 0 Å². The Hall–Kier alpha value is -0.380. The van der Waals surface area contributed by atoms with Crippen LogP contribution in [0.5, 0.6) is 0 Å². The summed E-state index contributed by atoms with van der Waals surface area (Å²) in [5.74, 6) is 0. The average Bonchev–Trinajstić information content (AvgIpc) is 2.62. The molecule has 13 heavy (non-hydrogen) atoms. The van der Waals surface area contributed by atoms with E-state index >= 15 is 0 Å². The third-order valence-electron chi connectivity index (χ3n) is 2.14. The van der Waals surface area contributed by atoms with Crippen molar-refractivity contribution < 1.29 is 5.11 Å². The summed E-state index contributed by atoms with van der Waals surface area (Å²) >= 11 is 1.83. The molecule has 2 nitrogen and oxygen atoms in total. The van der Waals surface area contributed by atoms with E-state index in [-0.39, 0.29) is 6.61 Å². The topological polar surface area (TPSA) is 32.3 Å². The van der Waals surface area contributed by atoms with Gasteiger partial charge in [0.05, 0.1) is 0 Å². The molecule has 0 saturated carbocycles. The molecule has 1 unspecified atom stereocenters. The van der Waals surface area contributed by atoms with Crippen LogP contribution < -0.4 is 5.32 Å². The number of nitrogens with one attached hydrogen (secondary N) is 1. The fourth-order valence-electron chi connectivity index (χ4n) is 1.33. The van der Waals surface area contributed by atoms with Crippen molar-refractivity contribution in [3.05, 3.63) is 21.9 Å². The Balaban J connectivity index is 2.67. The normalized spacial score (nSPS) is 13.2. The van der Waals surface area contributed by atoms with Gasteiger partial charge in [0.15, 0.2) is 0 Å². The monoisotopic (exact) mass is 199 g/mol. The van der Waals surface area contributed by atoms with Crippen LogP contribution >= 0.6 is 11.3 Å². The van der Waals surface area contributed by atoms with Crippen LogP contribution in [0.15, 0.2) is 12.1 Å². The third kappa shape index (κ3) is 2.79. The molecule has 1 rings (SSSR count). The van der Waals surface area contributed by atoms with Crippen LogP contribution in [-0.4, -0.2) is 18.8 Å². The molecule has 0 aliphatic carbocycles. The van der Waals surface area contributed by atoms with Gasteiger partial charge in [0.2, 0.25) is 0 Å². The van der Waals surface area contributed by atoms with Gasteiger partial charge in [-0.05, 0) is 32.0 Å². The van der Waals surface area contributed by atoms with Crippen LogP contribution in [0.25, 0.3) is 0 Å². The van der Waals surface area contributed by atoms with Gasteiger partial charge in [-0.25, -0.2) is 0 Å². The molecule has 0 amide bonds. The molecule has 0 radical (unpaired) electrons. The highest BCUT2D eigenvalue weighted by molar-refractivity contribution is 7.12. The smallest absolute Gasteiger partial charge is 0.0449 e. The summed E-state index contributed by atoms with van der Waals surface area (Å²) in [6.45, 7) is 2.40. The first kappa shape index (κ1) is 10.7. The van der Waals surface area contributed by atoms with Gasteiger partial charge in [0.1, 0.15) is 0 Å². The molecular weight excluding hydrogens is 182 g/mol. The van der Waals surface area contributed by atoms with Gasteiger partial charge in [-0.1, -0.05) is 6.92 Å². The van der Waals surface area contributed by atoms with E-state index in [0.29, 0.717) is 6.04 Å². The van der Waals surface area contributed by atoms with Crippen molar-refractivity contribution in [2.45, 2.75) is 25.8 Å². The van der Waals surface area contributed by atoms with E-state index in [9.17, 15) is 0 Å². The highest BCUT2D eigenvalue weighted by atomic mass is 32.1. The standard InChI is InChI=1S/C10H17NOS/c1-3-8-4-5-10(13-8)9(11-2)6-7-12/h4-5,9,11-12H,3,6-7H2,1-2H3. The first-order chi connectivity index (χ1) is 6.31. The van der Waals surface area contributed by atoms with Crippen molar-refractivity contribution in [2.75, 3.05) is 13.7 Å². The van der Waals surface area contributed by atoms with E-state index in [4.69, 9.17) is 5.11 Å². The van der Waals surface area contributed by atoms with Crippen LogP contribution in [-0.2, 0) is 6.42 Å². The maximum atomic E-state index is 8.86. The molecule has 2 N–H and O–H groups in total. The second kappa shape index (κ2) is 5.37. The Bertz CT molecular complexity index is 247. The maximum Gasteiger partial charge on any atom is 0.0449 e. The molecule has 1 aromatic rings. The minimum absolute atomic E-state index is 0.241. The lowest BCUT2D eigenvalue weighted by Crippen LogP contribution is -2.16. The number of hydrogen-bond donors (Lipinski definition) is 2. The van der Waals surface area contributed by atoms with Crippen molar-refractivity contribution in [3.8, 4) is 0 Å². The predicted molar refractivity (Wildman–Crippen MR) is 57.2 cm³/mol. The molecule has 1 atom stereocenters. The summed E-state index contributed by atoms with van der Waals surface area (Å²) in [6, 6.07) is 4.64. The SMILES string of the molecule is CCc1ccc(C(CCO)NC)s1. The van der Waals surface area contributed by atoms with Crippen molar-refractivity contribution in [3.63, 3.8) is 0 Å². The molecule has 74 valence electrons. The molecule has 0 bridgehead atoms. The molecule has 0 fully saturated rings. The zero-order valence-corrected chi connectivity index (χ0v) is 9.03. The summed E-state index contributed by atoms with van der Waals surface area (Å²) in [5, 5.41) is 12.1. The summed E-state index contributed by atoms with van der Waals surface area (Å²) in [5.41, 5.74) is 0. The number of aliphatic hydroxyl groups is 1. The molecule has 1 heterocycles. The van der Waals surface area contributed by atoms with Crippen LogP contribution in [0.2, 0.25) is 0 Å². The lowest BCUT2D eigenvalue weighted by Gasteiger charge is -2.12. The van der Waals surface area contributed by atoms with Gasteiger partial charge in [-0.3, -0.25) is 0 Å². The summed E-state index contributed by atoms with van der Waals surface area (Å²) < 4.78 is 0. The van der Waals surface area contributed by atoms with Gasteiger partial charge in [-0.2, -0.15) is 0 Å². The highest BCUT2D eigenvalue weighted by Crippen LogP contribution is 2.25. The van der Waals surface area contributed by atoms with Gasteiger partial charge in [0, 0.05) is 22.4 Å². The van der Waals surface area contributed by atoms with Gasteiger partial charge in [-0.15, -0.1) is 11.3 Å². The quantitative estimate of drug-likeness (QED) is 0.759. The molecule has 0 aliphatic rings. The van der Waals surface area contributed by atoms with Crippen LogP contribution in [0.3, 0.4) is 0 Å². The number of aliphatic hydroxyl groups excluding tert-OH is 1. The Morgan fingerprint density at radius 2 is 2.31 bits per heavy atom. The molecule has 0 aromatic carbocycles. The lowest BCUT2D eigenvalue weighted by molar-refractivity contribution is 0.269. The largest absolute Gasteiger partial charge is 0.396 e. The number of rotatable bonds is 5. The molecule has 1 aromatic heterocycles. The molecule has 0 spiro atoms. The highest BCUT2D eigenvalue weighted by Gasteiger charge is 2.10. The van der Waals surface area contributed by atoms with E-state index in [1.165, 1.54) is 9.75 Å². The summed E-state index contributed by atoms with van der Waals surface area (Å²) in [6.07, 6.45) is 1.89. The molecule has 0 saturated heterocycles. The first-order valence-electron chi connectivity index (χ1n) is 4.68. The third-order valence-corrected chi connectivity index (χ3v) is 3.48. The van der Waals surface area contributed by atoms with Gasteiger partial charge < -0.3 is 10.4 Å². The number of hydrogen-bond acceptors (Lipinski definition) is 3. The van der Waals surface area contributed by atoms with Gasteiger partial charge in [0.25, 0.3) is 0 Å². The number of thiophene rings is 1. The second-order valence-corrected chi connectivity index (χ2v) is 4.21. The Morgan fingerprint density at radius 1 is 1.54 bits per heavy atom. The average molecular weight is 199 g/mol. The Morgan fingerprint density at radius 3 is 2.77 bits per heavy atom. The second-order valence-electron chi connectivity index (χ2n) is 3.01. The van der Waals surface area contributed by atoms with Crippen molar-refractivity contribution in [2.24, 2.45) is 0 Å². The summed E-state index contributed by atoms with van der Waals surface area (Å²) in [4.78, 5) is 2.74. The van der Waals surface area contributed by atoms with Crippen LogP contribution in [0.1, 0.15) is 29.1 Å². The first-order valence-corrected chi connectivity index (χ1v) is 5.50. The van der Waals surface area contributed by atoms with Gasteiger partial charge >= 0.3 is 0 Å². The molecule has 0 aliphatic heterocycles. The summed E-state index contributed by atoms with van der Waals surface area (Å²) in [7, 11) is 1.94. The minimum atomic E-state index is 0.241.